The van der Waals surface area contributed by atoms with Crippen LogP contribution in [0.5, 0.6) is 0 Å². The normalized spacial score (nSPS) is 18.0. The van der Waals surface area contributed by atoms with Crippen LogP contribution in [0.15, 0.2) is 66.7 Å². The van der Waals surface area contributed by atoms with E-state index in [4.69, 9.17) is 4.74 Å². The minimum absolute atomic E-state index is 0.0622. The third-order valence-electron chi connectivity index (χ3n) is 3.44. The first-order chi connectivity index (χ1) is 9.84. The molecule has 0 bridgehead atoms. The lowest BCUT2D eigenvalue weighted by atomic mass is 9.99. The Morgan fingerprint density at radius 2 is 1.60 bits per heavy atom. The van der Waals surface area contributed by atoms with E-state index < -0.39 is 0 Å². The van der Waals surface area contributed by atoms with E-state index in [1.54, 1.807) is 0 Å². The monoisotopic (exact) mass is 264 g/mol. The van der Waals surface area contributed by atoms with E-state index in [1.807, 2.05) is 60.7 Å². The van der Waals surface area contributed by atoms with E-state index in [0.717, 1.165) is 24.2 Å². The van der Waals surface area contributed by atoms with Crippen LogP contribution in [0.4, 0.5) is 0 Å². The van der Waals surface area contributed by atoms with E-state index in [0.29, 0.717) is 5.56 Å². The molecule has 0 unspecified atom stereocenters. The number of rotatable bonds is 3. The first-order valence-electron chi connectivity index (χ1n) is 6.86. The van der Waals surface area contributed by atoms with Gasteiger partial charge in [-0.2, -0.15) is 0 Å². The summed E-state index contributed by atoms with van der Waals surface area (Å²) in [5.74, 6) is 0.873. The fourth-order valence-electron chi connectivity index (χ4n) is 2.39. The van der Waals surface area contributed by atoms with Crippen molar-refractivity contribution in [3.05, 3.63) is 77.9 Å². The Bertz CT molecular complexity index is 614. The summed E-state index contributed by atoms with van der Waals surface area (Å²) >= 11 is 0. The number of carbonyl (C=O) groups excluding carboxylic acids is 1. The van der Waals surface area contributed by atoms with Gasteiger partial charge >= 0.3 is 0 Å². The van der Waals surface area contributed by atoms with Crippen LogP contribution >= 0.6 is 0 Å². The molecule has 2 aromatic rings. The van der Waals surface area contributed by atoms with E-state index in [-0.39, 0.29) is 11.9 Å². The number of ether oxygens (including phenoxy) is 1. The molecule has 1 aliphatic heterocycles. The van der Waals surface area contributed by atoms with Crippen LogP contribution in [0.3, 0.4) is 0 Å². The molecule has 3 rings (SSSR count). The van der Waals surface area contributed by atoms with Crippen LogP contribution in [-0.4, -0.2) is 11.9 Å². The van der Waals surface area contributed by atoms with Crippen LogP contribution in [0, 0.1) is 0 Å². The first kappa shape index (κ1) is 12.7. The molecule has 2 nitrogen and oxygen atoms in total. The van der Waals surface area contributed by atoms with Crippen molar-refractivity contribution in [3.63, 3.8) is 0 Å². The van der Waals surface area contributed by atoms with Crippen molar-refractivity contribution < 1.29 is 9.53 Å². The smallest absolute Gasteiger partial charge is 0.203 e. The summed E-state index contributed by atoms with van der Waals surface area (Å²) in [5, 5.41) is 0. The lowest BCUT2D eigenvalue weighted by Gasteiger charge is -2.24. The topological polar surface area (TPSA) is 26.3 Å². The molecule has 0 radical (unpaired) electrons. The SMILES string of the molecule is O=C(c1ccccc1)[C@@H]1CCC=C(c2ccccc2)O1. The fraction of sp³-hybridized carbons (Fsp3) is 0.167. The summed E-state index contributed by atoms with van der Waals surface area (Å²) in [6.45, 7) is 0. The van der Waals surface area contributed by atoms with E-state index in [1.165, 1.54) is 0 Å². The molecule has 2 aromatic carbocycles. The van der Waals surface area contributed by atoms with Gasteiger partial charge in [-0.3, -0.25) is 4.79 Å². The average Bonchev–Trinajstić information content (AvgIpc) is 2.56. The van der Waals surface area contributed by atoms with Crippen molar-refractivity contribution in [1.82, 2.24) is 0 Å². The number of ketones is 1. The van der Waals surface area contributed by atoms with Gasteiger partial charge in [-0.05, 0) is 18.9 Å². The summed E-state index contributed by atoms with van der Waals surface area (Å²) in [6.07, 6.45) is 3.29. The highest BCUT2D eigenvalue weighted by atomic mass is 16.5. The molecule has 0 amide bonds. The predicted molar refractivity (Wildman–Crippen MR) is 79.3 cm³/mol. The molecule has 1 heterocycles. The van der Waals surface area contributed by atoms with Gasteiger partial charge in [0.25, 0.3) is 0 Å². The maximum absolute atomic E-state index is 12.4. The zero-order valence-corrected chi connectivity index (χ0v) is 11.2. The summed E-state index contributed by atoms with van der Waals surface area (Å²) in [7, 11) is 0. The average molecular weight is 264 g/mol. The molecule has 0 fully saturated rings. The van der Waals surface area contributed by atoms with E-state index >= 15 is 0 Å². The Hall–Kier alpha value is -2.35. The summed E-state index contributed by atoms with van der Waals surface area (Å²) in [5.41, 5.74) is 1.74. The predicted octanol–water partition coefficient (Wildman–Crippen LogP) is 4.09. The van der Waals surface area contributed by atoms with Gasteiger partial charge in [0, 0.05) is 11.1 Å². The fourth-order valence-corrected chi connectivity index (χ4v) is 2.39. The van der Waals surface area contributed by atoms with Gasteiger partial charge in [0.15, 0.2) is 6.10 Å². The number of benzene rings is 2. The summed E-state index contributed by atoms with van der Waals surface area (Å²) in [4.78, 5) is 12.4. The molecule has 0 aliphatic carbocycles. The van der Waals surface area contributed by atoms with Gasteiger partial charge in [-0.25, -0.2) is 0 Å². The molecule has 1 atom stereocenters. The molecular formula is C18H16O2. The van der Waals surface area contributed by atoms with Crippen molar-refractivity contribution in [2.75, 3.05) is 0 Å². The zero-order chi connectivity index (χ0) is 13.8. The standard InChI is InChI=1S/C18H16O2/c19-18(15-10-5-2-6-11-15)17-13-7-12-16(20-17)14-8-3-1-4-9-14/h1-6,8-12,17H,7,13H2/t17-/m0/s1. The van der Waals surface area contributed by atoms with Gasteiger partial charge in [-0.1, -0.05) is 60.7 Å². The molecule has 0 saturated carbocycles. The first-order valence-corrected chi connectivity index (χ1v) is 6.86. The van der Waals surface area contributed by atoms with Crippen molar-refractivity contribution in [3.8, 4) is 0 Å². The number of hydrogen-bond acceptors (Lipinski definition) is 2. The summed E-state index contributed by atoms with van der Waals surface area (Å²) < 4.78 is 5.90. The lowest BCUT2D eigenvalue weighted by molar-refractivity contribution is 0.0708. The zero-order valence-electron chi connectivity index (χ0n) is 11.2. The molecule has 0 saturated heterocycles. The van der Waals surface area contributed by atoms with E-state index in [2.05, 4.69) is 6.08 Å². The Morgan fingerprint density at radius 3 is 2.30 bits per heavy atom. The largest absolute Gasteiger partial charge is 0.482 e. The van der Waals surface area contributed by atoms with Crippen LogP contribution in [0.2, 0.25) is 0 Å². The third-order valence-corrected chi connectivity index (χ3v) is 3.44. The minimum atomic E-state index is -0.377. The highest BCUT2D eigenvalue weighted by Crippen LogP contribution is 2.26. The molecular weight excluding hydrogens is 248 g/mol. The maximum atomic E-state index is 12.4. The van der Waals surface area contributed by atoms with Crippen LogP contribution in [0.1, 0.15) is 28.8 Å². The van der Waals surface area contributed by atoms with Gasteiger partial charge in [-0.15, -0.1) is 0 Å². The highest BCUT2D eigenvalue weighted by Gasteiger charge is 2.25. The second-order valence-corrected chi connectivity index (χ2v) is 4.85. The van der Waals surface area contributed by atoms with Crippen LogP contribution < -0.4 is 0 Å². The highest BCUT2D eigenvalue weighted by molar-refractivity contribution is 6.00. The second kappa shape index (κ2) is 5.74. The Morgan fingerprint density at radius 1 is 0.950 bits per heavy atom. The lowest BCUT2D eigenvalue weighted by Crippen LogP contribution is -2.26. The minimum Gasteiger partial charge on any atom is -0.482 e. The van der Waals surface area contributed by atoms with Crippen molar-refractivity contribution in [2.45, 2.75) is 18.9 Å². The maximum Gasteiger partial charge on any atom is 0.203 e. The number of carbonyl (C=O) groups is 1. The van der Waals surface area contributed by atoms with Crippen molar-refractivity contribution in [1.29, 1.82) is 0 Å². The molecule has 0 N–H and O–H groups in total. The number of allylic oxidation sites excluding steroid dienone is 1. The molecule has 20 heavy (non-hydrogen) atoms. The summed E-state index contributed by atoms with van der Waals surface area (Å²) in [6, 6.07) is 19.3. The molecule has 1 aliphatic rings. The Kier molecular flexibility index (Phi) is 3.64. The van der Waals surface area contributed by atoms with Crippen LogP contribution in [0.25, 0.3) is 5.76 Å². The Balaban J connectivity index is 1.78. The van der Waals surface area contributed by atoms with Crippen molar-refractivity contribution in [2.24, 2.45) is 0 Å². The van der Waals surface area contributed by atoms with Crippen LogP contribution in [-0.2, 0) is 4.74 Å². The number of hydrogen-bond donors (Lipinski definition) is 0. The van der Waals surface area contributed by atoms with Gasteiger partial charge in [0.05, 0.1) is 0 Å². The van der Waals surface area contributed by atoms with E-state index in [9.17, 15) is 4.79 Å². The number of Topliss-reactive ketones (excluding diaryl/α,β-unsaturated/α-hetero) is 1. The third kappa shape index (κ3) is 2.64. The van der Waals surface area contributed by atoms with Gasteiger partial charge in [0.2, 0.25) is 5.78 Å². The Labute approximate surface area is 118 Å². The molecule has 0 aromatic heterocycles. The molecule has 2 heteroatoms. The van der Waals surface area contributed by atoms with Gasteiger partial charge in [0.1, 0.15) is 5.76 Å². The quantitative estimate of drug-likeness (QED) is 0.780. The molecule has 100 valence electrons. The second-order valence-electron chi connectivity index (χ2n) is 4.85. The molecule has 0 spiro atoms. The van der Waals surface area contributed by atoms with Gasteiger partial charge < -0.3 is 4.74 Å². The van der Waals surface area contributed by atoms with Crippen molar-refractivity contribution >= 4 is 11.5 Å².